The summed E-state index contributed by atoms with van der Waals surface area (Å²) in [4.78, 5) is 21.4. The number of fused-ring (bicyclic) bond motifs is 1. The fourth-order valence-electron chi connectivity index (χ4n) is 3.96. The van der Waals surface area contributed by atoms with Gasteiger partial charge in [-0.15, -0.1) is 0 Å². The number of aryl methyl sites for hydroxylation is 1. The first-order valence-electron chi connectivity index (χ1n) is 9.68. The van der Waals surface area contributed by atoms with Gasteiger partial charge in [-0.25, -0.2) is 0 Å². The maximum absolute atomic E-state index is 12.8. The SMILES string of the molecule is Cc1ccc(C(=O)N(C)c2ccc3c(c2)CCN(C2CCC2)CC3)cn1. The molecule has 1 saturated carbocycles. The zero-order valence-electron chi connectivity index (χ0n) is 15.7. The Kier molecular flexibility index (Phi) is 4.77. The number of aromatic nitrogens is 1. The largest absolute Gasteiger partial charge is 0.311 e. The Bertz CT molecular complexity index is 796. The van der Waals surface area contributed by atoms with E-state index in [-0.39, 0.29) is 5.91 Å². The van der Waals surface area contributed by atoms with Gasteiger partial charge in [0.15, 0.2) is 0 Å². The standard InChI is InChI=1S/C22H27N3O/c1-16-6-7-19(15-23-16)22(26)24(2)21-9-8-17-10-12-25(20-4-3-5-20)13-11-18(17)14-21/h6-9,14-15,20H,3-5,10-13H2,1-2H3. The Hall–Kier alpha value is -2.20. The van der Waals surface area contributed by atoms with E-state index in [0.29, 0.717) is 5.56 Å². The molecule has 1 aromatic heterocycles. The van der Waals surface area contributed by atoms with E-state index >= 15 is 0 Å². The Morgan fingerprint density at radius 1 is 1.12 bits per heavy atom. The highest BCUT2D eigenvalue weighted by Crippen LogP contribution is 2.29. The molecule has 0 bridgehead atoms. The van der Waals surface area contributed by atoms with Crippen molar-refractivity contribution >= 4 is 11.6 Å². The summed E-state index contributed by atoms with van der Waals surface area (Å²) in [6.45, 7) is 4.23. The average molecular weight is 349 g/mol. The summed E-state index contributed by atoms with van der Waals surface area (Å²) in [5.41, 5.74) is 5.35. The summed E-state index contributed by atoms with van der Waals surface area (Å²) in [6.07, 6.45) is 7.97. The Morgan fingerprint density at radius 3 is 2.54 bits per heavy atom. The van der Waals surface area contributed by atoms with Crippen LogP contribution in [0.3, 0.4) is 0 Å². The number of nitrogens with zero attached hydrogens (tertiary/aromatic N) is 3. The van der Waals surface area contributed by atoms with Crippen LogP contribution in [0.2, 0.25) is 0 Å². The van der Waals surface area contributed by atoms with E-state index in [1.807, 2.05) is 26.1 Å². The normalized spacial score (nSPS) is 17.9. The van der Waals surface area contributed by atoms with E-state index < -0.39 is 0 Å². The van der Waals surface area contributed by atoms with Gasteiger partial charge in [0.25, 0.3) is 5.91 Å². The summed E-state index contributed by atoms with van der Waals surface area (Å²) in [6, 6.07) is 11.0. The molecule has 1 aromatic carbocycles. The average Bonchev–Trinajstić information content (AvgIpc) is 2.82. The molecular formula is C22H27N3O. The number of rotatable bonds is 3. The van der Waals surface area contributed by atoms with E-state index in [4.69, 9.17) is 0 Å². The van der Waals surface area contributed by atoms with Crippen LogP contribution in [0.4, 0.5) is 5.69 Å². The van der Waals surface area contributed by atoms with E-state index in [1.165, 1.54) is 36.9 Å². The van der Waals surface area contributed by atoms with Crippen LogP contribution in [-0.2, 0) is 12.8 Å². The predicted molar refractivity (Wildman–Crippen MR) is 105 cm³/mol. The molecule has 1 aliphatic carbocycles. The Balaban J connectivity index is 1.51. The van der Waals surface area contributed by atoms with Crippen LogP contribution < -0.4 is 4.90 Å². The van der Waals surface area contributed by atoms with Crippen LogP contribution in [0, 0.1) is 6.92 Å². The van der Waals surface area contributed by atoms with Gasteiger partial charge in [0, 0.05) is 43.8 Å². The highest BCUT2D eigenvalue weighted by atomic mass is 16.2. The fraction of sp³-hybridized carbons (Fsp3) is 0.455. The molecule has 1 aliphatic heterocycles. The predicted octanol–water partition coefficient (Wildman–Crippen LogP) is 3.62. The first-order valence-corrected chi connectivity index (χ1v) is 9.68. The van der Waals surface area contributed by atoms with Crippen molar-refractivity contribution in [2.24, 2.45) is 0 Å². The molecule has 4 nitrogen and oxygen atoms in total. The molecule has 4 heteroatoms. The summed E-state index contributed by atoms with van der Waals surface area (Å²) in [5, 5.41) is 0. The van der Waals surface area contributed by atoms with Crippen LogP contribution in [-0.4, -0.2) is 42.0 Å². The second kappa shape index (κ2) is 7.20. The van der Waals surface area contributed by atoms with Gasteiger partial charge in [-0.05, 0) is 68.0 Å². The van der Waals surface area contributed by atoms with Crippen LogP contribution >= 0.6 is 0 Å². The maximum Gasteiger partial charge on any atom is 0.259 e. The lowest BCUT2D eigenvalue weighted by Gasteiger charge is -2.36. The molecule has 26 heavy (non-hydrogen) atoms. The van der Waals surface area contributed by atoms with Crippen molar-refractivity contribution in [3.63, 3.8) is 0 Å². The minimum atomic E-state index is -0.0119. The zero-order valence-corrected chi connectivity index (χ0v) is 15.7. The van der Waals surface area contributed by atoms with Crippen LogP contribution in [0.5, 0.6) is 0 Å². The van der Waals surface area contributed by atoms with Gasteiger partial charge in [-0.2, -0.15) is 0 Å². The summed E-state index contributed by atoms with van der Waals surface area (Å²) < 4.78 is 0. The molecule has 0 radical (unpaired) electrons. The van der Waals surface area contributed by atoms with Crippen molar-refractivity contribution in [1.82, 2.24) is 9.88 Å². The third-order valence-electron chi connectivity index (χ3n) is 5.97. The molecule has 1 amide bonds. The number of anilines is 1. The molecule has 136 valence electrons. The molecular weight excluding hydrogens is 322 g/mol. The number of hydrogen-bond donors (Lipinski definition) is 0. The van der Waals surface area contributed by atoms with E-state index in [0.717, 1.165) is 36.8 Å². The molecule has 1 fully saturated rings. The van der Waals surface area contributed by atoms with Crippen molar-refractivity contribution < 1.29 is 4.79 Å². The van der Waals surface area contributed by atoms with Gasteiger partial charge in [0.05, 0.1) is 5.56 Å². The second-order valence-electron chi connectivity index (χ2n) is 7.63. The molecule has 2 heterocycles. The summed E-state index contributed by atoms with van der Waals surface area (Å²) >= 11 is 0. The topological polar surface area (TPSA) is 36.4 Å². The Labute approximate surface area is 155 Å². The van der Waals surface area contributed by atoms with Crippen molar-refractivity contribution in [1.29, 1.82) is 0 Å². The van der Waals surface area contributed by atoms with Crippen molar-refractivity contribution in [3.8, 4) is 0 Å². The lowest BCUT2D eigenvalue weighted by atomic mass is 9.91. The highest BCUT2D eigenvalue weighted by molar-refractivity contribution is 6.05. The lowest BCUT2D eigenvalue weighted by molar-refractivity contribution is 0.0992. The second-order valence-corrected chi connectivity index (χ2v) is 7.63. The quantitative estimate of drug-likeness (QED) is 0.849. The number of pyridine rings is 1. The minimum absolute atomic E-state index is 0.0119. The smallest absolute Gasteiger partial charge is 0.259 e. The zero-order chi connectivity index (χ0) is 18.1. The third kappa shape index (κ3) is 3.38. The van der Waals surface area contributed by atoms with Gasteiger partial charge < -0.3 is 4.90 Å². The monoisotopic (exact) mass is 349 g/mol. The molecule has 0 unspecified atom stereocenters. The lowest BCUT2D eigenvalue weighted by Crippen LogP contribution is -2.41. The maximum atomic E-state index is 12.8. The van der Waals surface area contributed by atoms with E-state index in [1.54, 1.807) is 11.1 Å². The molecule has 0 saturated heterocycles. The minimum Gasteiger partial charge on any atom is -0.311 e. The van der Waals surface area contributed by atoms with E-state index in [2.05, 4.69) is 28.1 Å². The Morgan fingerprint density at radius 2 is 1.88 bits per heavy atom. The fourth-order valence-corrected chi connectivity index (χ4v) is 3.96. The molecule has 2 aliphatic rings. The number of benzene rings is 1. The number of carbonyl (C=O) groups excluding carboxylic acids is 1. The van der Waals surface area contributed by atoms with Gasteiger partial charge in [-0.1, -0.05) is 12.5 Å². The van der Waals surface area contributed by atoms with E-state index in [9.17, 15) is 4.79 Å². The van der Waals surface area contributed by atoms with Gasteiger partial charge in [-0.3, -0.25) is 14.7 Å². The third-order valence-corrected chi connectivity index (χ3v) is 5.97. The highest BCUT2D eigenvalue weighted by Gasteiger charge is 2.26. The van der Waals surface area contributed by atoms with Gasteiger partial charge in [0.1, 0.15) is 0 Å². The van der Waals surface area contributed by atoms with Crippen molar-refractivity contribution in [3.05, 3.63) is 58.9 Å². The number of carbonyl (C=O) groups is 1. The first kappa shape index (κ1) is 17.2. The summed E-state index contributed by atoms with van der Waals surface area (Å²) in [5.74, 6) is -0.0119. The molecule has 4 rings (SSSR count). The number of hydrogen-bond acceptors (Lipinski definition) is 3. The van der Waals surface area contributed by atoms with Gasteiger partial charge >= 0.3 is 0 Å². The number of amides is 1. The van der Waals surface area contributed by atoms with Crippen LogP contribution in [0.15, 0.2) is 36.5 Å². The molecule has 0 atom stereocenters. The summed E-state index contributed by atoms with van der Waals surface area (Å²) in [7, 11) is 1.85. The van der Waals surface area contributed by atoms with Crippen molar-refractivity contribution in [2.45, 2.75) is 45.1 Å². The molecule has 2 aromatic rings. The first-order chi connectivity index (χ1) is 12.6. The van der Waals surface area contributed by atoms with Gasteiger partial charge in [0.2, 0.25) is 0 Å². The molecule has 0 spiro atoms. The van der Waals surface area contributed by atoms with Crippen molar-refractivity contribution in [2.75, 3.05) is 25.0 Å². The van der Waals surface area contributed by atoms with Crippen LogP contribution in [0.1, 0.15) is 46.4 Å². The molecule has 0 N–H and O–H groups in total. The van der Waals surface area contributed by atoms with Crippen LogP contribution in [0.25, 0.3) is 0 Å².